The lowest BCUT2D eigenvalue weighted by Crippen LogP contribution is -2.50. The van der Waals surface area contributed by atoms with Gasteiger partial charge in [0.25, 0.3) is 0 Å². The Hall–Kier alpha value is -3.95. The van der Waals surface area contributed by atoms with Crippen LogP contribution in [0.2, 0.25) is 0 Å². The first-order valence-corrected chi connectivity index (χ1v) is 12.0. The molecule has 0 saturated carbocycles. The number of likely N-dealkylation sites (N-methyl/N-ethyl adjacent to an activating group) is 1. The van der Waals surface area contributed by atoms with E-state index < -0.39 is 0 Å². The highest BCUT2D eigenvalue weighted by atomic mass is 16.5. The molecule has 36 heavy (non-hydrogen) atoms. The van der Waals surface area contributed by atoms with E-state index in [1.165, 1.54) is 0 Å². The van der Waals surface area contributed by atoms with Gasteiger partial charge in [-0.1, -0.05) is 12.1 Å². The number of hydrogen-bond donors (Lipinski definition) is 1. The average Bonchev–Trinajstić information content (AvgIpc) is 3.35. The number of morpholine rings is 1. The van der Waals surface area contributed by atoms with E-state index in [9.17, 15) is 4.79 Å². The Kier molecular flexibility index (Phi) is 6.84. The molecule has 2 aromatic heterocycles. The monoisotopic (exact) mass is 486 g/mol. The van der Waals surface area contributed by atoms with Gasteiger partial charge in [-0.15, -0.1) is 5.10 Å². The summed E-state index contributed by atoms with van der Waals surface area (Å²) in [4.78, 5) is 21.6. The zero-order valence-corrected chi connectivity index (χ0v) is 20.7. The van der Waals surface area contributed by atoms with Crippen molar-refractivity contribution in [2.45, 2.75) is 13.0 Å². The third kappa shape index (κ3) is 4.89. The van der Waals surface area contributed by atoms with E-state index in [0.29, 0.717) is 19.2 Å². The molecule has 186 valence electrons. The molecule has 1 aliphatic heterocycles. The van der Waals surface area contributed by atoms with Gasteiger partial charge in [0.1, 0.15) is 5.75 Å². The number of carbonyl (C=O) groups excluding carboxylic acids is 1. The van der Waals surface area contributed by atoms with Crippen molar-refractivity contribution in [3.63, 3.8) is 0 Å². The molecule has 1 fully saturated rings. The maximum Gasteiger partial charge on any atom is 0.247 e. The number of methoxy groups -OCH3 is 1. The summed E-state index contributed by atoms with van der Waals surface area (Å²) in [6.07, 6.45) is 0. The maximum atomic E-state index is 13.1. The number of nitrogens with zero attached hydrogens (tertiary/aromatic N) is 5. The van der Waals surface area contributed by atoms with Gasteiger partial charge in [0.2, 0.25) is 11.9 Å². The van der Waals surface area contributed by atoms with Gasteiger partial charge in [-0.05, 0) is 61.5 Å². The predicted octanol–water partition coefficient (Wildman–Crippen LogP) is 3.83. The largest absolute Gasteiger partial charge is 0.497 e. The van der Waals surface area contributed by atoms with Crippen LogP contribution in [0.25, 0.3) is 16.9 Å². The van der Waals surface area contributed by atoms with Crippen LogP contribution in [0.3, 0.4) is 0 Å². The van der Waals surface area contributed by atoms with E-state index in [2.05, 4.69) is 15.2 Å². The van der Waals surface area contributed by atoms with Gasteiger partial charge < -0.3 is 19.7 Å². The van der Waals surface area contributed by atoms with Crippen molar-refractivity contribution in [3.05, 3.63) is 66.7 Å². The standard InChI is InChI=1S/C27H30N6O3/c1-19(32-14-16-36-17-15-32)26(34)31(2)22-7-4-6-21(18-22)28-27-29-25-9-5-8-24(33(25)30-27)20-10-12-23(35-3)13-11-20/h4-13,18-19H,14-17H2,1-3H3,(H,28,30). The number of hydrogen-bond acceptors (Lipinski definition) is 7. The SMILES string of the molecule is COc1ccc(-c2cccc3nc(Nc4cccc(N(C)C(=O)C(C)N5CCOCC5)c4)nn23)cc1. The van der Waals surface area contributed by atoms with Crippen LogP contribution in [0.5, 0.6) is 5.75 Å². The van der Waals surface area contributed by atoms with Crippen molar-refractivity contribution in [1.82, 2.24) is 19.5 Å². The summed E-state index contributed by atoms with van der Waals surface area (Å²) in [6.45, 7) is 4.80. The van der Waals surface area contributed by atoms with E-state index in [1.54, 1.807) is 12.0 Å². The second-order valence-electron chi connectivity index (χ2n) is 8.74. The first-order chi connectivity index (χ1) is 17.5. The van der Waals surface area contributed by atoms with Gasteiger partial charge in [-0.3, -0.25) is 9.69 Å². The molecule has 1 aliphatic rings. The molecule has 9 nitrogen and oxygen atoms in total. The van der Waals surface area contributed by atoms with Gasteiger partial charge in [-0.25, -0.2) is 4.52 Å². The molecule has 4 aromatic rings. The summed E-state index contributed by atoms with van der Waals surface area (Å²) in [5, 5.41) is 7.98. The van der Waals surface area contributed by atoms with Crippen LogP contribution < -0.4 is 15.0 Å². The molecule has 0 bridgehead atoms. The Balaban J connectivity index is 1.35. The maximum absolute atomic E-state index is 13.1. The smallest absolute Gasteiger partial charge is 0.247 e. The number of benzene rings is 2. The Morgan fingerprint density at radius 3 is 2.58 bits per heavy atom. The third-order valence-corrected chi connectivity index (χ3v) is 6.52. The summed E-state index contributed by atoms with van der Waals surface area (Å²) in [6, 6.07) is 21.2. The van der Waals surface area contributed by atoms with Crippen LogP contribution >= 0.6 is 0 Å². The lowest BCUT2D eigenvalue weighted by atomic mass is 10.1. The Morgan fingerprint density at radius 2 is 1.83 bits per heavy atom. The number of anilines is 3. The second kappa shape index (κ2) is 10.3. The molecule has 0 radical (unpaired) electrons. The van der Waals surface area contributed by atoms with Crippen LogP contribution in [-0.2, 0) is 9.53 Å². The zero-order valence-electron chi connectivity index (χ0n) is 20.7. The van der Waals surface area contributed by atoms with Crippen LogP contribution in [0, 0.1) is 0 Å². The molecule has 1 N–H and O–H groups in total. The van der Waals surface area contributed by atoms with Crippen molar-refractivity contribution < 1.29 is 14.3 Å². The van der Waals surface area contributed by atoms with E-state index in [0.717, 1.165) is 47.1 Å². The molecule has 1 saturated heterocycles. The fourth-order valence-corrected chi connectivity index (χ4v) is 4.39. The minimum atomic E-state index is -0.216. The summed E-state index contributed by atoms with van der Waals surface area (Å²) >= 11 is 0. The summed E-state index contributed by atoms with van der Waals surface area (Å²) in [7, 11) is 3.46. The molecule has 1 unspecified atom stereocenters. The van der Waals surface area contributed by atoms with Crippen molar-refractivity contribution >= 4 is 28.9 Å². The molecule has 9 heteroatoms. The van der Waals surface area contributed by atoms with Crippen molar-refractivity contribution in [2.75, 3.05) is 50.7 Å². The fourth-order valence-electron chi connectivity index (χ4n) is 4.39. The molecule has 0 spiro atoms. The molecule has 2 aromatic carbocycles. The van der Waals surface area contributed by atoms with Gasteiger partial charge in [0.15, 0.2) is 5.65 Å². The van der Waals surface area contributed by atoms with Gasteiger partial charge in [0, 0.05) is 37.1 Å². The molecule has 3 heterocycles. The minimum absolute atomic E-state index is 0.0454. The second-order valence-corrected chi connectivity index (χ2v) is 8.74. The van der Waals surface area contributed by atoms with Gasteiger partial charge in [0.05, 0.1) is 32.1 Å². The number of ether oxygens (including phenoxy) is 2. The molecule has 5 rings (SSSR count). The molecular formula is C27H30N6O3. The Morgan fingerprint density at radius 1 is 1.08 bits per heavy atom. The molecule has 0 aliphatic carbocycles. The lowest BCUT2D eigenvalue weighted by Gasteiger charge is -2.33. The first-order valence-electron chi connectivity index (χ1n) is 12.0. The van der Waals surface area contributed by atoms with E-state index in [1.807, 2.05) is 85.2 Å². The van der Waals surface area contributed by atoms with E-state index in [4.69, 9.17) is 14.6 Å². The lowest BCUT2D eigenvalue weighted by molar-refractivity contribution is -0.124. The number of pyridine rings is 1. The normalized spacial score (nSPS) is 15.0. The summed E-state index contributed by atoms with van der Waals surface area (Å²) < 4.78 is 12.5. The van der Waals surface area contributed by atoms with Crippen molar-refractivity contribution in [2.24, 2.45) is 0 Å². The first kappa shape index (κ1) is 23.8. The number of fused-ring (bicyclic) bond motifs is 1. The highest BCUT2D eigenvalue weighted by molar-refractivity contribution is 5.96. The highest BCUT2D eigenvalue weighted by Crippen LogP contribution is 2.25. The van der Waals surface area contributed by atoms with Crippen molar-refractivity contribution in [1.29, 1.82) is 0 Å². The minimum Gasteiger partial charge on any atom is -0.497 e. The van der Waals surface area contributed by atoms with Crippen LogP contribution in [0.4, 0.5) is 17.3 Å². The average molecular weight is 487 g/mol. The topological polar surface area (TPSA) is 84.2 Å². The summed E-state index contributed by atoms with van der Waals surface area (Å²) in [5.41, 5.74) is 4.26. The Labute approximate surface area is 210 Å². The number of rotatable bonds is 7. The van der Waals surface area contributed by atoms with Crippen LogP contribution in [-0.4, -0.2) is 71.9 Å². The van der Waals surface area contributed by atoms with Crippen LogP contribution in [0.1, 0.15) is 6.92 Å². The molecule has 1 amide bonds. The third-order valence-electron chi connectivity index (χ3n) is 6.52. The van der Waals surface area contributed by atoms with Crippen molar-refractivity contribution in [3.8, 4) is 17.0 Å². The quantitative estimate of drug-likeness (QED) is 0.425. The van der Waals surface area contributed by atoms with Gasteiger partial charge in [-0.2, -0.15) is 4.98 Å². The number of aromatic nitrogens is 3. The number of nitrogens with one attached hydrogen (secondary N) is 1. The molecule has 1 atom stereocenters. The molecular weight excluding hydrogens is 456 g/mol. The zero-order chi connectivity index (χ0) is 25.1. The fraction of sp³-hybridized carbons (Fsp3) is 0.296. The summed E-state index contributed by atoms with van der Waals surface area (Å²) in [5.74, 6) is 1.32. The van der Waals surface area contributed by atoms with E-state index >= 15 is 0 Å². The Bertz CT molecular complexity index is 1350. The van der Waals surface area contributed by atoms with Crippen LogP contribution in [0.15, 0.2) is 66.7 Å². The predicted molar refractivity (Wildman–Crippen MR) is 140 cm³/mol. The van der Waals surface area contributed by atoms with Gasteiger partial charge >= 0.3 is 0 Å². The number of amides is 1. The number of carbonyl (C=O) groups is 1. The van der Waals surface area contributed by atoms with E-state index in [-0.39, 0.29) is 11.9 Å². The highest BCUT2D eigenvalue weighted by Gasteiger charge is 2.26.